The van der Waals surface area contributed by atoms with Crippen molar-refractivity contribution in [3.8, 4) is 0 Å². The fourth-order valence-electron chi connectivity index (χ4n) is 1.05. The lowest BCUT2D eigenvalue weighted by molar-refractivity contribution is -0.168. The molecule has 90 valence electrons. The number of hydrogen-bond donors (Lipinski definition) is 0. The molecule has 0 aromatic carbocycles. The number of halogens is 1. The van der Waals surface area contributed by atoms with Crippen molar-refractivity contribution in [1.82, 2.24) is 0 Å². The van der Waals surface area contributed by atoms with Crippen LogP contribution in [0.15, 0.2) is 25.7 Å². The van der Waals surface area contributed by atoms with E-state index in [-0.39, 0.29) is 6.42 Å². The third-order valence-electron chi connectivity index (χ3n) is 1.90. The van der Waals surface area contributed by atoms with E-state index in [2.05, 4.69) is 22.6 Å². The molecule has 0 aliphatic carbocycles. The predicted octanol–water partition coefficient (Wildman–Crippen LogP) is 2.26. The first-order valence-corrected chi connectivity index (χ1v) is 4.85. The molecule has 0 radical (unpaired) electrons. The maximum absolute atomic E-state index is 14.1. The van der Waals surface area contributed by atoms with Crippen LogP contribution < -0.4 is 0 Å². The minimum absolute atomic E-state index is 0.289. The average Bonchev–Trinajstić information content (AvgIpc) is 2.26. The highest BCUT2D eigenvalue weighted by Gasteiger charge is 2.49. The molecule has 0 fully saturated rings. The molecule has 4 nitrogen and oxygen atoms in total. The van der Waals surface area contributed by atoms with Gasteiger partial charge in [-0.15, -0.1) is 0 Å². The standard InChI is InChI=1S/C11H15FO4/c1-4-7-8-11(12,9(13)15-5-2)10(14)16-6-3/h5-6H,2-4,7-8H2,1H3. The highest BCUT2D eigenvalue weighted by molar-refractivity contribution is 6.03. The zero-order chi connectivity index (χ0) is 12.6. The van der Waals surface area contributed by atoms with Crippen molar-refractivity contribution in [2.45, 2.75) is 31.9 Å². The Kier molecular flexibility index (Phi) is 6.07. The van der Waals surface area contributed by atoms with E-state index in [0.717, 1.165) is 12.5 Å². The molecule has 0 aromatic rings. The normalized spacial score (nSPS) is 10.4. The number of carbonyl (C=O) groups excluding carboxylic acids is 2. The molecule has 16 heavy (non-hydrogen) atoms. The Labute approximate surface area is 93.7 Å². The number of hydrogen-bond acceptors (Lipinski definition) is 4. The molecule has 5 heteroatoms. The third-order valence-corrected chi connectivity index (χ3v) is 1.90. The molecule has 0 atom stereocenters. The van der Waals surface area contributed by atoms with Gasteiger partial charge in [0.1, 0.15) is 0 Å². The lowest BCUT2D eigenvalue weighted by Gasteiger charge is -2.19. The van der Waals surface area contributed by atoms with Gasteiger partial charge in [-0.25, -0.2) is 14.0 Å². The van der Waals surface area contributed by atoms with Crippen molar-refractivity contribution in [2.24, 2.45) is 0 Å². The van der Waals surface area contributed by atoms with Gasteiger partial charge < -0.3 is 9.47 Å². The van der Waals surface area contributed by atoms with E-state index in [0.29, 0.717) is 12.8 Å². The first-order chi connectivity index (χ1) is 7.52. The molecule has 0 heterocycles. The van der Waals surface area contributed by atoms with Crippen LogP contribution in [0.4, 0.5) is 4.39 Å². The maximum atomic E-state index is 14.1. The van der Waals surface area contributed by atoms with Gasteiger partial charge in [0.2, 0.25) is 0 Å². The quantitative estimate of drug-likeness (QED) is 0.382. The molecule has 0 aliphatic rings. The van der Waals surface area contributed by atoms with E-state index in [1.54, 1.807) is 6.92 Å². The molecule has 0 aromatic heterocycles. The summed E-state index contributed by atoms with van der Waals surface area (Å²) in [7, 11) is 0. The summed E-state index contributed by atoms with van der Waals surface area (Å²) in [6.07, 6.45) is 2.24. The second kappa shape index (κ2) is 6.76. The molecule has 0 rings (SSSR count). The van der Waals surface area contributed by atoms with Crippen molar-refractivity contribution in [3.05, 3.63) is 25.7 Å². The fraction of sp³-hybridized carbons (Fsp3) is 0.455. The third kappa shape index (κ3) is 3.49. The Hall–Kier alpha value is -1.65. The van der Waals surface area contributed by atoms with Gasteiger partial charge in [-0.1, -0.05) is 26.5 Å². The Morgan fingerprint density at radius 2 is 1.69 bits per heavy atom. The summed E-state index contributed by atoms with van der Waals surface area (Å²) in [6, 6.07) is 0. The van der Waals surface area contributed by atoms with Gasteiger partial charge in [-0.05, 0) is 6.42 Å². The van der Waals surface area contributed by atoms with Crippen molar-refractivity contribution >= 4 is 11.9 Å². The van der Waals surface area contributed by atoms with E-state index >= 15 is 0 Å². The fourth-order valence-corrected chi connectivity index (χ4v) is 1.05. The lowest BCUT2D eigenvalue weighted by atomic mass is 9.99. The van der Waals surface area contributed by atoms with Crippen molar-refractivity contribution < 1.29 is 23.5 Å². The van der Waals surface area contributed by atoms with Crippen LogP contribution in [0.1, 0.15) is 26.2 Å². The van der Waals surface area contributed by atoms with Crippen LogP contribution in [0.5, 0.6) is 0 Å². The molecule has 0 spiro atoms. The van der Waals surface area contributed by atoms with Gasteiger partial charge >= 0.3 is 17.6 Å². The van der Waals surface area contributed by atoms with Gasteiger partial charge in [-0.3, -0.25) is 0 Å². The van der Waals surface area contributed by atoms with Crippen LogP contribution in [0.2, 0.25) is 0 Å². The molecule has 0 unspecified atom stereocenters. The van der Waals surface area contributed by atoms with Crippen LogP contribution in [0.3, 0.4) is 0 Å². The maximum Gasteiger partial charge on any atom is 0.360 e. The van der Waals surface area contributed by atoms with Crippen LogP contribution in [0, 0.1) is 0 Å². The molecule has 0 saturated carbocycles. The number of rotatable bonds is 7. The summed E-state index contributed by atoms with van der Waals surface area (Å²) < 4.78 is 22.7. The largest absolute Gasteiger partial charge is 0.432 e. The van der Waals surface area contributed by atoms with Gasteiger partial charge in [0, 0.05) is 6.42 Å². The monoisotopic (exact) mass is 230 g/mol. The smallest absolute Gasteiger partial charge is 0.360 e. The summed E-state index contributed by atoms with van der Waals surface area (Å²) in [5.74, 6) is -2.63. The molecule has 0 aliphatic heterocycles. The highest BCUT2D eigenvalue weighted by Crippen LogP contribution is 2.23. The number of esters is 2. The van der Waals surface area contributed by atoms with Gasteiger partial charge in [-0.2, -0.15) is 0 Å². The second-order valence-electron chi connectivity index (χ2n) is 3.05. The SMILES string of the molecule is C=COC(=O)C(F)(CCCC)C(=O)OC=C. The molecule has 0 saturated heterocycles. The Bertz CT molecular complexity index is 264. The van der Waals surface area contributed by atoms with Crippen molar-refractivity contribution in [2.75, 3.05) is 0 Å². The van der Waals surface area contributed by atoms with Crippen LogP contribution in [0.25, 0.3) is 0 Å². The number of unbranched alkanes of at least 4 members (excludes halogenated alkanes) is 1. The van der Waals surface area contributed by atoms with E-state index < -0.39 is 17.6 Å². The highest BCUT2D eigenvalue weighted by atomic mass is 19.1. The predicted molar refractivity (Wildman–Crippen MR) is 55.9 cm³/mol. The summed E-state index contributed by atoms with van der Waals surface area (Å²) in [4.78, 5) is 22.6. The average molecular weight is 230 g/mol. The van der Waals surface area contributed by atoms with E-state index in [1.165, 1.54) is 0 Å². The van der Waals surface area contributed by atoms with Gasteiger partial charge in [0.25, 0.3) is 0 Å². The van der Waals surface area contributed by atoms with Crippen LogP contribution in [-0.2, 0) is 19.1 Å². The van der Waals surface area contributed by atoms with E-state index in [1.807, 2.05) is 0 Å². The Balaban J connectivity index is 4.84. The minimum Gasteiger partial charge on any atom is -0.432 e. The summed E-state index contributed by atoms with van der Waals surface area (Å²) >= 11 is 0. The van der Waals surface area contributed by atoms with Gasteiger partial charge in [0.05, 0.1) is 12.5 Å². The summed E-state index contributed by atoms with van der Waals surface area (Å²) in [5.41, 5.74) is -2.79. The zero-order valence-electron chi connectivity index (χ0n) is 9.20. The Morgan fingerprint density at radius 3 is 2.00 bits per heavy atom. The van der Waals surface area contributed by atoms with Crippen LogP contribution in [-0.4, -0.2) is 17.6 Å². The topological polar surface area (TPSA) is 52.6 Å². The zero-order valence-corrected chi connectivity index (χ0v) is 9.20. The van der Waals surface area contributed by atoms with E-state index in [4.69, 9.17) is 0 Å². The summed E-state index contributed by atoms with van der Waals surface area (Å²) in [5, 5.41) is 0. The lowest BCUT2D eigenvalue weighted by Crippen LogP contribution is -2.43. The number of ether oxygens (including phenoxy) is 2. The molecule has 0 N–H and O–H groups in total. The van der Waals surface area contributed by atoms with Crippen molar-refractivity contribution in [3.63, 3.8) is 0 Å². The van der Waals surface area contributed by atoms with Crippen LogP contribution >= 0.6 is 0 Å². The first-order valence-electron chi connectivity index (χ1n) is 4.85. The molecule has 0 amide bonds. The molecular formula is C11H15FO4. The molecular weight excluding hydrogens is 215 g/mol. The second-order valence-corrected chi connectivity index (χ2v) is 3.05. The number of carbonyl (C=O) groups is 2. The summed E-state index contributed by atoms with van der Waals surface area (Å²) in [6.45, 7) is 8.04. The Morgan fingerprint density at radius 1 is 1.25 bits per heavy atom. The van der Waals surface area contributed by atoms with Gasteiger partial charge in [0.15, 0.2) is 0 Å². The molecule has 0 bridgehead atoms. The van der Waals surface area contributed by atoms with E-state index in [9.17, 15) is 14.0 Å². The first kappa shape index (κ1) is 14.3. The van der Waals surface area contributed by atoms with Crippen molar-refractivity contribution in [1.29, 1.82) is 0 Å². The number of alkyl halides is 1. The minimum atomic E-state index is -2.79.